The van der Waals surface area contributed by atoms with Gasteiger partial charge in [0.25, 0.3) is 0 Å². The summed E-state index contributed by atoms with van der Waals surface area (Å²) in [7, 11) is 1.38. The molecule has 0 aliphatic heterocycles. The van der Waals surface area contributed by atoms with Crippen molar-refractivity contribution in [1.29, 1.82) is 0 Å². The van der Waals surface area contributed by atoms with Crippen molar-refractivity contribution in [3.63, 3.8) is 0 Å². The zero-order chi connectivity index (χ0) is 13.1. The van der Waals surface area contributed by atoms with E-state index in [1.54, 1.807) is 13.0 Å². The maximum Gasteiger partial charge on any atom is 0.322 e. The number of benzene rings is 1. The van der Waals surface area contributed by atoms with Crippen molar-refractivity contribution in [1.82, 2.24) is 5.32 Å². The van der Waals surface area contributed by atoms with Gasteiger partial charge in [-0.15, -0.1) is 0 Å². The molecular weight excluding hydrogens is 233 g/mol. The maximum atomic E-state index is 13.5. The van der Waals surface area contributed by atoms with Crippen LogP contribution in [0.3, 0.4) is 0 Å². The molecule has 18 heavy (non-hydrogen) atoms. The van der Waals surface area contributed by atoms with E-state index in [4.69, 9.17) is 0 Å². The molecule has 1 aliphatic rings. The molecule has 1 fully saturated rings. The summed E-state index contributed by atoms with van der Waals surface area (Å²) < 4.78 is 18.2. The second-order valence-corrected chi connectivity index (χ2v) is 4.80. The molecule has 2 rings (SSSR count). The van der Waals surface area contributed by atoms with Gasteiger partial charge in [0.05, 0.1) is 7.11 Å². The first kappa shape index (κ1) is 13.0. The first-order valence-corrected chi connectivity index (χ1v) is 6.20. The van der Waals surface area contributed by atoms with Crippen LogP contribution in [0.1, 0.15) is 31.2 Å². The summed E-state index contributed by atoms with van der Waals surface area (Å²) in [6.45, 7) is 1.78. The van der Waals surface area contributed by atoms with Crippen LogP contribution in [-0.4, -0.2) is 25.2 Å². The SMILES string of the molecule is COC(=O)[C@H](C)NC1CC(c2ccccc2F)C1. The highest BCUT2D eigenvalue weighted by Crippen LogP contribution is 2.38. The Hall–Kier alpha value is -1.42. The zero-order valence-corrected chi connectivity index (χ0v) is 10.7. The van der Waals surface area contributed by atoms with Crippen LogP contribution in [0.4, 0.5) is 4.39 Å². The molecule has 1 atom stereocenters. The van der Waals surface area contributed by atoms with E-state index in [1.165, 1.54) is 13.2 Å². The second kappa shape index (κ2) is 5.48. The monoisotopic (exact) mass is 251 g/mol. The summed E-state index contributed by atoms with van der Waals surface area (Å²) in [6.07, 6.45) is 1.73. The van der Waals surface area contributed by atoms with Gasteiger partial charge in [0.1, 0.15) is 11.9 Å². The lowest BCUT2D eigenvalue weighted by molar-refractivity contribution is -0.143. The molecule has 1 N–H and O–H groups in total. The molecule has 0 radical (unpaired) electrons. The van der Waals surface area contributed by atoms with Crippen molar-refractivity contribution >= 4 is 5.97 Å². The average molecular weight is 251 g/mol. The Morgan fingerprint density at radius 1 is 1.44 bits per heavy atom. The third kappa shape index (κ3) is 2.70. The van der Waals surface area contributed by atoms with Crippen LogP contribution in [0, 0.1) is 5.82 Å². The van der Waals surface area contributed by atoms with Crippen molar-refractivity contribution in [2.75, 3.05) is 7.11 Å². The van der Waals surface area contributed by atoms with Crippen LogP contribution in [0.5, 0.6) is 0 Å². The lowest BCUT2D eigenvalue weighted by Crippen LogP contribution is -2.47. The lowest BCUT2D eigenvalue weighted by Gasteiger charge is -2.37. The van der Waals surface area contributed by atoms with Crippen LogP contribution in [0.15, 0.2) is 24.3 Å². The summed E-state index contributed by atoms with van der Waals surface area (Å²) >= 11 is 0. The molecule has 3 nitrogen and oxygen atoms in total. The van der Waals surface area contributed by atoms with Crippen LogP contribution < -0.4 is 5.32 Å². The van der Waals surface area contributed by atoms with Crippen molar-refractivity contribution in [3.8, 4) is 0 Å². The Kier molecular flexibility index (Phi) is 3.97. The fraction of sp³-hybridized carbons (Fsp3) is 0.500. The summed E-state index contributed by atoms with van der Waals surface area (Å²) in [5.41, 5.74) is 0.779. The van der Waals surface area contributed by atoms with Crippen molar-refractivity contribution in [2.45, 2.75) is 37.8 Å². The van der Waals surface area contributed by atoms with Crippen LogP contribution >= 0.6 is 0 Å². The van der Waals surface area contributed by atoms with E-state index in [9.17, 15) is 9.18 Å². The topological polar surface area (TPSA) is 38.3 Å². The first-order chi connectivity index (χ1) is 8.61. The number of hydrogen-bond acceptors (Lipinski definition) is 3. The quantitative estimate of drug-likeness (QED) is 0.834. The number of ether oxygens (including phenoxy) is 1. The number of nitrogens with one attached hydrogen (secondary N) is 1. The van der Waals surface area contributed by atoms with Crippen molar-refractivity contribution in [2.24, 2.45) is 0 Å². The summed E-state index contributed by atoms with van der Waals surface area (Å²) in [6, 6.07) is 6.85. The minimum Gasteiger partial charge on any atom is -0.468 e. The lowest BCUT2D eigenvalue weighted by atomic mass is 9.75. The molecule has 1 aromatic rings. The molecule has 0 spiro atoms. The minimum atomic E-state index is -0.304. The van der Waals surface area contributed by atoms with E-state index in [0.29, 0.717) is 0 Å². The van der Waals surface area contributed by atoms with Crippen molar-refractivity contribution in [3.05, 3.63) is 35.6 Å². The van der Waals surface area contributed by atoms with Gasteiger partial charge in [-0.05, 0) is 37.3 Å². The smallest absolute Gasteiger partial charge is 0.322 e. The molecule has 0 heterocycles. The average Bonchev–Trinajstić information content (AvgIpc) is 2.33. The summed E-state index contributed by atoms with van der Waals surface area (Å²) in [4.78, 5) is 11.2. The summed E-state index contributed by atoms with van der Waals surface area (Å²) in [5.74, 6) is -0.139. The van der Waals surface area contributed by atoms with E-state index in [-0.39, 0.29) is 29.8 Å². The standard InChI is InChI=1S/C14H18FNO2/c1-9(14(17)18-2)16-11-7-10(8-11)12-5-3-4-6-13(12)15/h3-6,9-11,16H,7-8H2,1-2H3/t9-,10?,11?/m0/s1. The Morgan fingerprint density at radius 2 is 2.11 bits per heavy atom. The molecule has 1 aliphatic carbocycles. The summed E-state index contributed by atoms with van der Waals surface area (Å²) in [5, 5.41) is 3.19. The third-order valence-corrected chi connectivity index (χ3v) is 3.52. The number of esters is 1. The van der Waals surface area contributed by atoms with Gasteiger partial charge in [-0.2, -0.15) is 0 Å². The highest BCUT2D eigenvalue weighted by molar-refractivity contribution is 5.75. The normalized spacial score (nSPS) is 24.2. The predicted octanol–water partition coefficient (Wildman–Crippen LogP) is 2.22. The number of carbonyl (C=O) groups excluding carboxylic acids is 1. The van der Waals surface area contributed by atoms with Crippen molar-refractivity contribution < 1.29 is 13.9 Å². The van der Waals surface area contributed by atoms with E-state index in [1.807, 2.05) is 12.1 Å². The van der Waals surface area contributed by atoms with E-state index < -0.39 is 0 Å². The highest BCUT2D eigenvalue weighted by atomic mass is 19.1. The van der Waals surface area contributed by atoms with E-state index >= 15 is 0 Å². The number of halogens is 1. The third-order valence-electron chi connectivity index (χ3n) is 3.52. The molecule has 4 heteroatoms. The minimum absolute atomic E-state index is 0.137. The van der Waals surface area contributed by atoms with Crippen LogP contribution in [0.25, 0.3) is 0 Å². The molecule has 0 bridgehead atoms. The van der Waals surface area contributed by atoms with E-state index in [0.717, 1.165) is 18.4 Å². The van der Waals surface area contributed by atoms with Gasteiger partial charge in [-0.25, -0.2) is 4.39 Å². The highest BCUT2D eigenvalue weighted by Gasteiger charge is 2.33. The number of hydrogen-bond donors (Lipinski definition) is 1. The molecule has 1 saturated carbocycles. The Labute approximate surface area is 106 Å². The molecule has 98 valence electrons. The maximum absolute atomic E-state index is 13.5. The Morgan fingerprint density at radius 3 is 2.72 bits per heavy atom. The fourth-order valence-corrected chi connectivity index (χ4v) is 2.41. The predicted molar refractivity (Wildman–Crippen MR) is 66.8 cm³/mol. The fourth-order valence-electron chi connectivity index (χ4n) is 2.41. The Bertz CT molecular complexity index is 430. The number of rotatable bonds is 4. The van der Waals surface area contributed by atoms with Gasteiger partial charge in [0.15, 0.2) is 0 Å². The Balaban J connectivity index is 1.84. The van der Waals surface area contributed by atoms with Crippen LogP contribution in [-0.2, 0) is 9.53 Å². The number of methoxy groups -OCH3 is 1. The molecule has 0 aromatic heterocycles. The molecule has 0 unspecified atom stereocenters. The van der Waals surface area contributed by atoms with Gasteiger partial charge in [-0.3, -0.25) is 4.79 Å². The van der Waals surface area contributed by atoms with Gasteiger partial charge in [-0.1, -0.05) is 18.2 Å². The molecular formula is C14H18FNO2. The van der Waals surface area contributed by atoms with E-state index in [2.05, 4.69) is 10.1 Å². The van der Waals surface area contributed by atoms with Gasteiger partial charge in [0, 0.05) is 6.04 Å². The molecule has 0 saturated heterocycles. The van der Waals surface area contributed by atoms with Gasteiger partial charge >= 0.3 is 5.97 Å². The van der Waals surface area contributed by atoms with Gasteiger partial charge < -0.3 is 10.1 Å². The zero-order valence-electron chi connectivity index (χ0n) is 10.7. The van der Waals surface area contributed by atoms with Gasteiger partial charge in [0.2, 0.25) is 0 Å². The largest absolute Gasteiger partial charge is 0.468 e. The molecule has 0 amide bonds. The molecule has 1 aromatic carbocycles. The first-order valence-electron chi connectivity index (χ1n) is 6.20. The van der Waals surface area contributed by atoms with Crippen LogP contribution in [0.2, 0.25) is 0 Å². The number of carbonyl (C=O) groups is 1. The second-order valence-electron chi connectivity index (χ2n) is 4.80.